The fraction of sp³-hybridized carbons (Fsp3) is 0.176. The van der Waals surface area contributed by atoms with Crippen molar-refractivity contribution in [3.05, 3.63) is 63.1 Å². The van der Waals surface area contributed by atoms with Gasteiger partial charge in [0.2, 0.25) is 0 Å². The lowest BCUT2D eigenvalue weighted by molar-refractivity contribution is -0.119. The maximum Gasteiger partial charge on any atom is 0.259 e. The Balaban J connectivity index is 1.87. The van der Waals surface area contributed by atoms with E-state index in [0.717, 1.165) is 11.3 Å². The maximum atomic E-state index is 11.8. The zero-order valence-corrected chi connectivity index (χ0v) is 14.4. The van der Waals surface area contributed by atoms with Crippen molar-refractivity contribution in [1.29, 1.82) is 0 Å². The molecule has 0 aromatic heterocycles. The van der Waals surface area contributed by atoms with Crippen LogP contribution < -0.4 is 10.7 Å². The quantitative estimate of drug-likeness (QED) is 0.628. The van der Waals surface area contributed by atoms with Crippen LogP contribution in [0, 0.1) is 13.8 Å². The number of carbonyl (C=O) groups excluding carboxylic acids is 1. The molecule has 4 nitrogen and oxygen atoms in total. The standard InChI is InChI=1S/C17H17Cl2N3O/c1-11-6-7-15(12(2)8-11)20-10-16(23)22-21-9-13-4-3-5-14(18)17(13)19/h3-9,20H,10H2,1-2H3,(H,22,23)/b21-9+. The number of carbonyl (C=O) groups is 1. The van der Waals surface area contributed by atoms with Gasteiger partial charge in [0.05, 0.1) is 22.8 Å². The van der Waals surface area contributed by atoms with Gasteiger partial charge in [-0.15, -0.1) is 0 Å². The van der Waals surface area contributed by atoms with Crippen molar-refractivity contribution in [3.8, 4) is 0 Å². The van der Waals surface area contributed by atoms with E-state index in [2.05, 4.69) is 21.9 Å². The molecule has 0 spiro atoms. The predicted molar refractivity (Wildman–Crippen MR) is 96.6 cm³/mol. The average molecular weight is 350 g/mol. The summed E-state index contributed by atoms with van der Waals surface area (Å²) >= 11 is 11.9. The van der Waals surface area contributed by atoms with Gasteiger partial charge < -0.3 is 5.32 Å². The predicted octanol–water partition coefficient (Wildman–Crippen LogP) is 4.17. The summed E-state index contributed by atoms with van der Waals surface area (Å²) in [6.45, 7) is 4.15. The van der Waals surface area contributed by atoms with E-state index in [1.54, 1.807) is 18.2 Å². The fourth-order valence-electron chi connectivity index (χ4n) is 2.02. The highest BCUT2D eigenvalue weighted by Crippen LogP contribution is 2.24. The number of benzene rings is 2. The number of rotatable bonds is 5. The molecule has 0 heterocycles. The van der Waals surface area contributed by atoms with Gasteiger partial charge in [0, 0.05) is 11.3 Å². The van der Waals surface area contributed by atoms with Gasteiger partial charge >= 0.3 is 0 Å². The number of nitrogens with one attached hydrogen (secondary N) is 2. The van der Waals surface area contributed by atoms with Crippen LogP contribution in [0.3, 0.4) is 0 Å². The minimum atomic E-state index is -0.251. The van der Waals surface area contributed by atoms with E-state index in [0.29, 0.717) is 15.6 Å². The summed E-state index contributed by atoms with van der Waals surface area (Å²) in [6, 6.07) is 11.2. The molecule has 23 heavy (non-hydrogen) atoms. The Morgan fingerprint density at radius 3 is 2.74 bits per heavy atom. The molecule has 0 atom stereocenters. The highest BCUT2D eigenvalue weighted by atomic mass is 35.5. The summed E-state index contributed by atoms with van der Waals surface area (Å²) in [6.07, 6.45) is 1.46. The third-order valence-electron chi connectivity index (χ3n) is 3.20. The van der Waals surface area contributed by atoms with Crippen molar-refractivity contribution in [2.24, 2.45) is 5.10 Å². The van der Waals surface area contributed by atoms with E-state index < -0.39 is 0 Å². The highest BCUT2D eigenvalue weighted by molar-refractivity contribution is 6.43. The van der Waals surface area contributed by atoms with E-state index in [4.69, 9.17) is 23.2 Å². The molecule has 0 aliphatic carbocycles. The molecular formula is C17H17Cl2N3O. The Morgan fingerprint density at radius 1 is 1.22 bits per heavy atom. The minimum Gasteiger partial charge on any atom is -0.376 e. The number of hydrogen-bond donors (Lipinski definition) is 2. The summed E-state index contributed by atoms with van der Waals surface area (Å²) in [5, 5.41) is 7.81. The first-order chi connectivity index (χ1) is 11.0. The van der Waals surface area contributed by atoms with Crippen LogP contribution in [0.4, 0.5) is 5.69 Å². The summed E-state index contributed by atoms with van der Waals surface area (Å²) < 4.78 is 0. The van der Waals surface area contributed by atoms with Gasteiger partial charge in [0.25, 0.3) is 5.91 Å². The summed E-state index contributed by atoms with van der Waals surface area (Å²) in [7, 11) is 0. The molecule has 0 fully saturated rings. The van der Waals surface area contributed by atoms with E-state index in [1.807, 2.05) is 26.0 Å². The second-order valence-electron chi connectivity index (χ2n) is 5.11. The third kappa shape index (κ3) is 4.98. The van der Waals surface area contributed by atoms with Crippen molar-refractivity contribution < 1.29 is 4.79 Å². The summed E-state index contributed by atoms with van der Waals surface area (Å²) in [5.74, 6) is -0.251. The van der Waals surface area contributed by atoms with Crippen LogP contribution in [0.25, 0.3) is 0 Å². The largest absolute Gasteiger partial charge is 0.376 e. The Hall–Kier alpha value is -2.04. The van der Waals surface area contributed by atoms with Crippen LogP contribution in [0.1, 0.15) is 16.7 Å². The van der Waals surface area contributed by atoms with E-state index >= 15 is 0 Å². The van der Waals surface area contributed by atoms with Gasteiger partial charge in [-0.3, -0.25) is 4.79 Å². The van der Waals surface area contributed by atoms with E-state index in [-0.39, 0.29) is 12.5 Å². The first kappa shape index (κ1) is 17.3. The van der Waals surface area contributed by atoms with Gasteiger partial charge in [0.1, 0.15) is 0 Å². The van der Waals surface area contributed by atoms with Gasteiger partial charge in [-0.1, -0.05) is 53.0 Å². The second-order valence-corrected chi connectivity index (χ2v) is 5.89. The van der Waals surface area contributed by atoms with Crippen LogP contribution >= 0.6 is 23.2 Å². The lowest BCUT2D eigenvalue weighted by atomic mass is 10.1. The number of nitrogens with zero attached hydrogens (tertiary/aromatic N) is 1. The van der Waals surface area contributed by atoms with Gasteiger partial charge in [-0.05, 0) is 31.5 Å². The molecule has 0 saturated heterocycles. The van der Waals surface area contributed by atoms with Crippen LogP contribution in [-0.4, -0.2) is 18.7 Å². The molecule has 0 radical (unpaired) electrons. The monoisotopic (exact) mass is 349 g/mol. The smallest absolute Gasteiger partial charge is 0.259 e. The van der Waals surface area contributed by atoms with Crippen LogP contribution in [0.15, 0.2) is 41.5 Å². The normalized spacial score (nSPS) is 10.8. The first-order valence-electron chi connectivity index (χ1n) is 7.04. The number of hydrogen-bond acceptors (Lipinski definition) is 3. The van der Waals surface area contributed by atoms with Crippen molar-refractivity contribution in [1.82, 2.24) is 5.43 Å². The van der Waals surface area contributed by atoms with Gasteiger partial charge in [-0.25, -0.2) is 5.43 Å². The lowest BCUT2D eigenvalue weighted by Crippen LogP contribution is -2.26. The minimum absolute atomic E-state index is 0.129. The van der Waals surface area contributed by atoms with Crippen molar-refractivity contribution >= 4 is 41.0 Å². The molecule has 1 amide bonds. The van der Waals surface area contributed by atoms with Crippen LogP contribution in [0.2, 0.25) is 10.0 Å². The third-order valence-corrected chi connectivity index (χ3v) is 4.03. The van der Waals surface area contributed by atoms with Crippen LogP contribution in [0.5, 0.6) is 0 Å². The molecule has 0 aliphatic heterocycles. The molecule has 2 rings (SSSR count). The second kappa shape index (κ2) is 7.99. The molecule has 2 N–H and O–H groups in total. The molecule has 2 aromatic rings. The fourth-order valence-corrected chi connectivity index (χ4v) is 2.38. The molecular weight excluding hydrogens is 333 g/mol. The molecule has 0 unspecified atom stereocenters. The number of hydrazone groups is 1. The zero-order chi connectivity index (χ0) is 16.8. The molecule has 2 aromatic carbocycles. The molecule has 6 heteroatoms. The number of amides is 1. The Labute approximate surface area is 145 Å². The number of aryl methyl sites for hydroxylation is 2. The lowest BCUT2D eigenvalue weighted by Gasteiger charge is -2.09. The number of halogens is 2. The van der Waals surface area contributed by atoms with Gasteiger partial charge in [-0.2, -0.15) is 5.10 Å². The maximum absolute atomic E-state index is 11.8. The first-order valence-corrected chi connectivity index (χ1v) is 7.80. The highest BCUT2D eigenvalue weighted by Gasteiger charge is 2.03. The van der Waals surface area contributed by atoms with Crippen molar-refractivity contribution in [3.63, 3.8) is 0 Å². The molecule has 120 valence electrons. The summed E-state index contributed by atoms with van der Waals surface area (Å²) in [4.78, 5) is 11.8. The number of anilines is 1. The molecule has 0 saturated carbocycles. The Bertz CT molecular complexity index is 745. The Morgan fingerprint density at radius 2 is 2.00 bits per heavy atom. The van der Waals surface area contributed by atoms with Gasteiger partial charge in [0.15, 0.2) is 0 Å². The van der Waals surface area contributed by atoms with Crippen molar-refractivity contribution in [2.75, 3.05) is 11.9 Å². The average Bonchev–Trinajstić information content (AvgIpc) is 2.50. The topological polar surface area (TPSA) is 53.5 Å². The van der Waals surface area contributed by atoms with E-state index in [1.165, 1.54) is 11.8 Å². The molecule has 0 aliphatic rings. The Kier molecular flexibility index (Phi) is 6.02. The van der Waals surface area contributed by atoms with Crippen molar-refractivity contribution in [2.45, 2.75) is 13.8 Å². The zero-order valence-electron chi connectivity index (χ0n) is 12.9. The SMILES string of the molecule is Cc1ccc(NCC(=O)N/N=C/c2cccc(Cl)c2Cl)c(C)c1. The van der Waals surface area contributed by atoms with Crippen LogP contribution in [-0.2, 0) is 4.79 Å². The van der Waals surface area contributed by atoms with E-state index in [9.17, 15) is 4.79 Å². The summed E-state index contributed by atoms with van der Waals surface area (Å²) in [5.41, 5.74) is 6.28. The molecule has 0 bridgehead atoms.